The molecule has 30 heavy (non-hydrogen) atoms. The van der Waals surface area contributed by atoms with Crippen molar-refractivity contribution in [1.29, 1.82) is 0 Å². The highest BCUT2D eigenvalue weighted by Crippen LogP contribution is 2.37. The molecule has 1 fully saturated rings. The summed E-state index contributed by atoms with van der Waals surface area (Å²) in [6.07, 6.45) is 0. The number of fused-ring (bicyclic) bond motifs is 1. The number of hydrogen-bond donors (Lipinski definition) is 1. The molecule has 2 aliphatic rings. The maximum Gasteiger partial charge on any atom is 0.260 e. The normalized spacial score (nSPS) is 22.0. The van der Waals surface area contributed by atoms with Gasteiger partial charge in [0.15, 0.2) is 5.17 Å². The van der Waals surface area contributed by atoms with E-state index in [-0.39, 0.29) is 23.1 Å². The maximum absolute atomic E-state index is 13.4. The average Bonchev–Trinajstić information content (AvgIpc) is 3.09. The molecule has 1 N–H and O–H groups in total. The van der Waals surface area contributed by atoms with Crippen LogP contribution < -0.4 is 10.1 Å². The summed E-state index contributed by atoms with van der Waals surface area (Å²) in [4.78, 5) is 32.9. The Bertz CT molecular complexity index is 1020. The van der Waals surface area contributed by atoms with Crippen molar-refractivity contribution in [2.45, 2.75) is 37.0 Å². The van der Waals surface area contributed by atoms with Crippen molar-refractivity contribution >= 4 is 51.9 Å². The van der Waals surface area contributed by atoms with Crippen LogP contribution in [0.25, 0.3) is 0 Å². The summed E-state index contributed by atoms with van der Waals surface area (Å²) >= 11 is 3.06. The van der Waals surface area contributed by atoms with Crippen molar-refractivity contribution in [3.63, 3.8) is 0 Å². The van der Waals surface area contributed by atoms with E-state index in [0.29, 0.717) is 34.5 Å². The summed E-state index contributed by atoms with van der Waals surface area (Å²) in [6, 6.07) is 13.1. The zero-order valence-corrected chi connectivity index (χ0v) is 18.7. The number of carbonyl (C=O) groups is 2. The van der Waals surface area contributed by atoms with E-state index in [2.05, 4.69) is 5.32 Å². The molecule has 0 saturated carbocycles. The number of para-hydroxylation sites is 2. The molecule has 2 atom stereocenters. The topological polar surface area (TPSA) is 71.0 Å². The lowest BCUT2D eigenvalue weighted by molar-refractivity contribution is -0.115. The minimum atomic E-state index is -0.141. The molecule has 6 nitrogen and oxygen atoms in total. The summed E-state index contributed by atoms with van der Waals surface area (Å²) in [5.41, 5.74) is 1.93. The van der Waals surface area contributed by atoms with Crippen LogP contribution in [-0.2, 0) is 4.79 Å². The molecule has 2 aromatic rings. The van der Waals surface area contributed by atoms with E-state index < -0.39 is 0 Å². The second-order valence-corrected chi connectivity index (χ2v) is 9.46. The third kappa shape index (κ3) is 4.06. The highest BCUT2D eigenvalue weighted by atomic mass is 32.2. The molecule has 2 unspecified atom stereocenters. The van der Waals surface area contributed by atoms with Gasteiger partial charge in [0.2, 0.25) is 5.91 Å². The minimum absolute atomic E-state index is 0.0144. The number of thioether (sulfide) groups is 2. The fourth-order valence-electron chi connectivity index (χ4n) is 3.31. The Morgan fingerprint density at radius 3 is 2.87 bits per heavy atom. The van der Waals surface area contributed by atoms with Crippen molar-refractivity contribution < 1.29 is 14.3 Å². The summed E-state index contributed by atoms with van der Waals surface area (Å²) in [5, 5.41) is 3.41. The van der Waals surface area contributed by atoms with Crippen LogP contribution in [0.2, 0.25) is 0 Å². The lowest BCUT2D eigenvalue weighted by Crippen LogP contribution is -2.37. The molecule has 0 bridgehead atoms. The molecule has 2 aliphatic heterocycles. The van der Waals surface area contributed by atoms with Crippen molar-refractivity contribution in [1.82, 2.24) is 4.90 Å². The Morgan fingerprint density at radius 1 is 1.27 bits per heavy atom. The van der Waals surface area contributed by atoms with Gasteiger partial charge in [-0.2, -0.15) is 0 Å². The van der Waals surface area contributed by atoms with Gasteiger partial charge in [0.25, 0.3) is 5.91 Å². The van der Waals surface area contributed by atoms with Crippen molar-refractivity contribution in [3.05, 3.63) is 48.0 Å². The molecule has 0 radical (unpaired) electrons. The Hall–Kier alpha value is -2.45. The Kier molecular flexibility index (Phi) is 6.06. The standard InChI is InChI=1S/C22H23N3O3S2/c1-4-28-18-8-6-5-7-16(18)24-22-25(13(2)12-29-22)21(27)15-9-10-19-17(11-15)23-20(26)14(3)30-19/h5-11,13-14H,4,12H2,1-3H3,(H,23,26). The lowest BCUT2D eigenvalue weighted by Gasteiger charge is -2.24. The quantitative estimate of drug-likeness (QED) is 0.739. The van der Waals surface area contributed by atoms with Gasteiger partial charge in [0.1, 0.15) is 11.4 Å². The average molecular weight is 442 g/mol. The molecular weight excluding hydrogens is 418 g/mol. The number of carbonyl (C=O) groups excluding carboxylic acids is 2. The smallest absolute Gasteiger partial charge is 0.260 e. The summed E-state index contributed by atoms with van der Waals surface area (Å²) < 4.78 is 5.67. The van der Waals surface area contributed by atoms with E-state index >= 15 is 0 Å². The number of nitrogens with one attached hydrogen (secondary N) is 1. The molecule has 2 amide bonds. The molecule has 2 aromatic carbocycles. The first-order chi connectivity index (χ1) is 14.5. The van der Waals surface area contributed by atoms with E-state index in [4.69, 9.17) is 9.73 Å². The maximum atomic E-state index is 13.4. The van der Waals surface area contributed by atoms with Gasteiger partial charge in [-0.05, 0) is 51.1 Å². The van der Waals surface area contributed by atoms with Crippen LogP contribution in [0.4, 0.5) is 11.4 Å². The van der Waals surface area contributed by atoms with Gasteiger partial charge in [-0.1, -0.05) is 23.9 Å². The van der Waals surface area contributed by atoms with Gasteiger partial charge in [-0.15, -0.1) is 11.8 Å². The number of nitrogens with zero attached hydrogens (tertiary/aromatic N) is 2. The number of anilines is 1. The second-order valence-electron chi connectivity index (χ2n) is 7.09. The molecular formula is C22H23N3O3S2. The molecule has 4 rings (SSSR count). The SMILES string of the molecule is CCOc1ccccc1N=C1SCC(C)N1C(=O)c1ccc2c(c1)NC(=O)C(C)S2. The first kappa shape index (κ1) is 20.8. The van der Waals surface area contributed by atoms with Gasteiger partial charge >= 0.3 is 0 Å². The highest BCUT2D eigenvalue weighted by molar-refractivity contribution is 8.14. The number of ether oxygens (including phenoxy) is 1. The van der Waals surface area contributed by atoms with Crippen LogP contribution in [0.1, 0.15) is 31.1 Å². The number of amidine groups is 1. The fourth-order valence-corrected chi connectivity index (χ4v) is 5.35. The molecule has 2 heterocycles. The van der Waals surface area contributed by atoms with Crippen LogP contribution in [0.15, 0.2) is 52.4 Å². The second kappa shape index (κ2) is 8.73. The van der Waals surface area contributed by atoms with Crippen LogP contribution in [0.3, 0.4) is 0 Å². The Labute approximate surface area is 184 Å². The van der Waals surface area contributed by atoms with Crippen molar-refractivity contribution in [3.8, 4) is 5.75 Å². The molecule has 0 spiro atoms. The lowest BCUT2D eigenvalue weighted by atomic mass is 10.1. The number of rotatable bonds is 4. The molecule has 0 aliphatic carbocycles. The first-order valence-corrected chi connectivity index (χ1v) is 11.7. The summed E-state index contributed by atoms with van der Waals surface area (Å²) in [6.45, 7) is 6.36. The number of amides is 2. The van der Waals surface area contributed by atoms with Crippen LogP contribution in [-0.4, -0.2) is 45.5 Å². The van der Waals surface area contributed by atoms with Gasteiger partial charge in [-0.25, -0.2) is 4.99 Å². The van der Waals surface area contributed by atoms with E-state index in [9.17, 15) is 9.59 Å². The predicted octanol–water partition coefficient (Wildman–Crippen LogP) is 4.78. The van der Waals surface area contributed by atoms with Gasteiger partial charge in [-0.3, -0.25) is 14.5 Å². The van der Waals surface area contributed by atoms with Gasteiger partial charge in [0.05, 0.1) is 17.5 Å². The van der Waals surface area contributed by atoms with Gasteiger partial charge < -0.3 is 10.1 Å². The largest absolute Gasteiger partial charge is 0.492 e. The zero-order chi connectivity index (χ0) is 21.3. The van der Waals surface area contributed by atoms with E-state index in [1.165, 1.54) is 11.8 Å². The minimum Gasteiger partial charge on any atom is -0.492 e. The van der Waals surface area contributed by atoms with Crippen LogP contribution >= 0.6 is 23.5 Å². The molecule has 8 heteroatoms. The van der Waals surface area contributed by atoms with Crippen molar-refractivity contribution in [2.24, 2.45) is 4.99 Å². The molecule has 0 aromatic heterocycles. The Morgan fingerprint density at radius 2 is 2.07 bits per heavy atom. The first-order valence-electron chi connectivity index (χ1n) is 9.86. The van der Waals surface area contributed by atoms with Crippen LogP contribution in [0.5, 0.6) is 5.75 Å². The van der Waals surface area contributed by atoms with E-state index in [1.54, 1.807) is 22.7 Å². The Balaban J connectivity index is 1.65. The fraction of sp³-hybridized carbons (Fsp3) is 0.318. The zero-order valence-electron chi connectivity index (χ0n) is 17.0. The van der Waals surface area contributed by atoms with Crippen LogP contribution in [0, 0.1) is 0 Å². The molecule has 156 valence electrons. The van der Waals surface area contributed by atoms with Gasteiger partial charge in [0, 0.05) is 22.3 Å². The van der Waals surface area contributed by atoms with E-state index in [0.717, 1.165) is 10.6 Å². The number of benzene rings is 2. The predicted molar refractivity (Wildman–Crippen MR) is 123 cm³/mol. The third-order valence-electron chi connectivity index (χ3n) is 4.86. The van der Waals surface area contributed by atoms with Crippen molar-refractivity contribution in [2.75, 3.05) is 17.7 Å². The molecule has 1 saturated heterocycles. The highest BCUT2D eigenvalue weighted by Gasteiger charge is 2.34. The van der Waals surface area contributed by atoms with E-state index in [1.807, 2.05) is 57.2 Å². The third-order valence-corrected chi connectivity index (χ3v) is 7.23. The number of aliphatic imine (C=N–C) groups is 1. The summed E-state index contributed by atoms with van der Waals surface area (Å²) in [7, 11) is 0. The monoisotopic (exact) mass is 441 g/mol. The number of hydrogen-bond acceptors (Lipinski definition) is 6. The summed E-state index contributed by atoms with van der Waals surface area (Å²) in [5.74, 6) is 1.30.